The summed E-state index contributed by atoms with van der Waals surface area (Å²) < 4.78 is 13.0. The number of nitriles is 1. The summed E-state index contributed by atoms with van der Waals surface area (Å²) in [7, 11) is 0. The number of nitrogens with zero attached hydrogens (tertiary/aromatic N) is 3. The van der Waals surface area contributed by atoms with E-state index in [0.717, 1.165) is 100 Å². The fraction of sp³-hybridized carbons (Fsp3) is 0.471. The number of ether oxygens (including phenoxy) is 2. The number of aryl methyl sites for hydroxylation is 1. The Balaban J connectivity index is 0.873. The van der Waals surface area contributed by atoms with E-state index in [-0.39, 0.29) is 65.9 Å². The van der Waals surface area contributed by atoms with Crippen LogP contribution in [0.25, 0.3) is 0 Å². The molecular formula is C51H57ClN4O7. The van der Waals surface area contributed by atoms with Crippen molar-refractivity contribution in [3.63, 3.8) is 0 Å². The molecule has 63 heavy (non-hydrogen) atoms. The van der Waals surface area contributed by atoms with Crippen LogP contribution >= 0.6 is 11.6 Å². The number of amides is 3. The first-order chi connectivity index (χ1) is 30.4. The third kappa shape index (κ3) is 11.2. The molecule has 0 bridgehead atoms. The first-order valence-corrected chi connectivity index (χ1v) is 23.0. The van der Waals surface area contributed by atoms with Crippen LogP contribution in [-0.2, 0) is 33.7 Å². The van der Waals surface area contributed by atoms with Crippen molar-refractivity contribution >= 4 is 40.9 Å². The minimum absolute atomic E-state index is 0.0335. The second-order valence-electron chi connectivity index (χ2n) is 17.5. The van der Waals surface area contributed by atoms with Gasteiger partial charge in [-0.05, 0) is 126 Å². The van der Waals surface area contributed by atoms with Gasteiger partial charge in [0.15, 0.2) is 11.6 Å². The van der Waals surface area contributed by atoms with E-state index < -0.39 is 17.6 Å². The quantitative estimate of drug-likeness (QED) is 0.0604. The normalized spacial score (nSPS) is 21.7. The molecule has 1 saturated heterocycles. The van der Waals surface area contributed by atoms with Crippen molar-refractivity contribution in [2.75, 3.05) is 0 Å². The molecule has 1 N–H and O–H groups in total. The van der Waals surface area contributed by atoms with E-state index in [9.17, 15) is 24.0 Å². The van der Waals surface area contributed by atoms with Gasteiger partial charge in [0, 0.05) is 47.3 Å². The predicted octanol–water partition coefficient (Wildman–Crippen LogP) is 9.57. The number of carbonyl (C=O) groups excluding carboxylic acids is 5. The third-order valence-electron chi connectivity index (χ3n) is 13.1. The smallest absolute Gasteiger partial charge is 0.256 e. The van der Waals surface area contributed by atoms with Gasteiger partial charge in [-0.2, -0.15) is 5.26 Å². The number of carbonyl (C=O) groups is 5. The Morgan fingerprint density at radius 2 is 1.78 bits per heavy atom. The minimum Gasteiger partial charge on any atom is -0.490 e. The Labute approximate surface area is 375 Å². The molecule has 2 aliphatic heterocycles. The number of allylic oxidation sites excluding steroid dienone is 2. The van der Waals surface area contributed by atoms with Gasteiger partial charge in [0.2, 0.25) is 11.8 Å². The molecule has 11 nitrogen and oxygen atoms in total. The summed E-state index contributed by atoms with van der Waals surface area (Å²) in [5.74, 6) is -1.66. The largest absolute Gasteiger partial charge is 0.490 e. The number of rotatable bonds is 17. The SMILES string of the molecule is C=C(C(=O)c1cc(CCCC(CCC)OC2CCC=C(Cc3ccc4c(n3)CN([C@H]3CC[C@H](Oc5ccc(C#N)c(Cl)c5)CC3)C4=O)CC2)ccc1C(C)=O)C1CCC(=O)NC1=O. The number of imide groups is 1. The van der Waals surface area contributed by atoms with Crippen molar-refractivity contribution in [3.8, 4) is 11.8 Å². The lowest BCUT2D eigenvalue weighted by molar-refractivity contribution is -0.135. The molecule has 4 aliphatic rings. The summed E-state index contributed by atoms with van der Waals surface area (Å²) in [6, 6.07) is 16.7. The van der Waals surface area contributed by atoms with E-state index in [1.165, 1.54) is 12.5 Å². The number of aromatic nitrogens is 1. The molecule has 3 unspecified atom stereocenters. The van der Waals surface area contributed by atoms with Crippen molar-refractivity contribution in [1.82, 2.24) is 15.2 Å². The topological polar surface area (TPSA) is 156 Å². The highest BCUT2D eigenvalue weighted by atomic mass is 35.5. The van der Waals surface area contributed by atoms with Crippen LogP contribution in [0.1, 0.15) is 157 Å². The molecular weight excluding hydrogens is 816 g/mol. The molecule has 3 atom stereocenters. The molecule has 1 aromatic heterocycles. The number of fused-ring (bicyclic) bond motifs is 1. The number of halogens is 1. The third-order valence-corrected chi connectivity index (χ3v) is 13.4. The lowest BCUT2D eigenvalue weighted by Gasteiger charge is -2.34. The lowest BCUT2D eigenvalue weighted by atomic mass is 9.84. The van der Waals surface area contributed by atoms with Gasteiger partial charge in [-0.25, -0.2) is 0 Å². The molecule has 0 radical (unpaired) electrons. The average molecular weight is 873 g/mol. The number of nitrogens with one attached hydrogen (secondary N) is 1. The van der Waals surface area contributed by atoms with Crippen LogP contribution in [0.2, 0.25) is 5.02 Å². The molecule has 330 valence electrons. The van der Waals surface area contributed by atoms with Crippen molar-refractivity contribution in [2.45, 2.75) is 147 Å². The van der Waals surface area contributed by atoms with Gasteiger partial charge in [0.1, 0.15) is 11.8 Å². The summed E-state index contributed by atoms with van der Waals surface area (Å²) in [6.45, 7) is 8.04. The molecule has 7 rings (SSSR count). The number of benzene rings is 2. The van der Waals surface area contributed by atoms with Crippen LogP contribution < -0.4 is 10.1 Å². The maximum atomic E-state index is 13.6. The standard InChI is InChI=1S/C51H57ClN4O7/c1-4-7-38(10-6-9-34-13-22-43(32(3)57)45(27-34)49(59)31(2)42-24-25-48(58)55-50(42)60)62-39-11-5-8-33(12-18-39)26-36-15-23-44-47(54-36)30-56(51(44)61)37-16-20-40(21-17-37)63-41-19-14-35(29-53)46(52)28-41/h8,13-15,19,22-23,27-28,37-40,42H,2,4-7,9-12,16-18,20-21,24-26,30H2,1,3H3,(H,55,58,60)/t37-,38?,39?,40-,42?. The van der Waals surface area contributed by atoms with E-state index in [0.29, 0.717) is 40.4 Å². The van der Waals surface area contributed by atoms with Gasteiger partial charge in [-0.15, -0.1) is 0 Å². The van der Waals surface area contributed by atoms with E-state index in [2.05, 4.69) is 31.0 Å². The lowest BCUT2D eigenvalue weighted by Crippen LogP contribution is -2.42. The second kappa shape index (κ2) is 20.8. The number of ketones is 2. The van der Waals surface area contributed by atoms with Crippen LogP contribution in [-0.4, -0.2) is 63.5 Å². The van der Waals surface area contributed by atoms with E-state index in [1.807, 2.05) is 23.1 Å². The van der Waals surface area contributed by atoms with Gasteiger partial charge >= 0.3 is 0 Å². The maximum Gasteiger partial charge on any atom is 0.256 e. The van der Waals surface area contributed by atoms with E-state index in [1.54, 1.807) is 30.3 Å². The molecule has 12 heteroatoms. The van der Waals surface area contributed by atoms with Gasteiger partial charge in [0.05, 0.1) is 52.6 Å². The Hall–Kier alpha value is -5.44. The minimum atomic E-state index is -0.802. The zero-order chi connectivity index (χ0) is 44.6. The van der Waals surface area contributed by atoms with Gasteiger partial charge in [-0.3, -0.25) is 34.3 Å². The summed E-state index contributed by atoms with van der Waals surface area (Å²) in [4.78, 5) is 70.8. The van der Waals surface area contributed by atoms with E-state index in [4.69, 9.17) is 31.3 Å². The molecule has 2 aromatic carbocycles. The van der Waals surface area contributed by atoms with Gasteiger partial charge in [0.25, 0.3) is 5.91 Å². The number of piperidine rings is 1. The van der Waals surface area contributed by atoms with Crippen LogP contribution in [0.4, 0.5) is 0 Å². The molecule has 2 aliphatic carbocycles. The zero-order valence-corrected chi connectivity index (χ0v) is 37.1. The number of pyridine rings is 1. The average Bonchev–Trinajstić information content (AvgIpc) is 3.43. The molecule has 3 aromatic rings. The number of Topliss-reactive ketones (excluding diaryl/α,β-unsaturated/α-hetero) is 2. The molecule has 1 saturated carbocycles. The summed E-state index contributed by atoms with van der Waals surface area (Å²) >= 11 is 6.21. The van der Waals surface area contributed by atoms with E-state index >= 15 is 0 Å². The van der Waals surface area contributed by atoms with Crippen LogP contribution in [0.15, 0.2) is 72.3 Å². The predicted molar refractivity (Wildman–Crippen MR) is 240 cm³/mol. The maximum absolute atomic E-state index is 13.6. The molecule has 3 amide bonds. The summed E-state index contributed by atoms with van der Waals surface area (Å²) in [6.07, 6.45) is 15.2. The van der Waals surface area contributed by atoms with Crippen molar-refractivity contribution in [1.29, 1.82) is 5.26 Å². The highest BCUT2D eigenvalue weighted by molar-refractivity contribution is 6.31. The van der Waals surface area contributed by atoms with Gasteiger partial charge < -0.3 is 14.4 Å². The Morgan fingerprint density at radius 1 is 0.968 bits per heavy atom. The van der Waals surface area contributed by atoms with Crippen LogP contribution in [0.5, 0.6) is 5.75 Å². The Kier molecular flexibility index (Phi) is 15.1. The van der Waals surface area contributed by atoms with Crippen LogP contribution in [0.3, 0.4) is 0 Å². The fourth-order valence-electron chi connectivity index (χ4n) is 9.57. The second-order valence-corrected chi connectivity index (χ2v) is 17.9. The molecule has 0 spiro atoms. The summed E-state index contributed by atoms with van der Waals surface area (Å²) in [5.41, 5.74) is 5.88. The van der Waals surface area contributed by atoms with Crippen molar-refractivity contribution < 1.29 is 33.4 Å². The fourth-order valence-corrected chi connectivity index (χ4v) is 9.79. The molecule has 3 heterocycles. The zero-order valence-electron chi connectivity index (χ0n) is 36.4. The first-order valence-electron chi connectivity index (χ1n) is 22.6. The Bertz CT molecular complexity index is 2340. The highest BCUT2D eigenvalue weighted by Crippen LogP contribution is 2.34. The first kappa shape index (κ1) is 45.6. The highest BCUT2D eigenvalue weighted by Gasteiger charge is 2.37. The number of hydrogen-bond acceptors (Lipinski definition) is 9. The monoisotopic (exact) mass is 872 g/mol. The van der Waals surface area contributed by atoms with Crippen LogP contribution in [0, 0.1) is 17.2 Å². The van der Waals surface area contributed by atoms with Crippen molar-refractivity contribution in [2.24, 2.45) is 5.92 Å². The Morgan fingerprint density at radius 3 is 2.51 bits per heavy atom. The summed E-state index contributed by atoms with van der Waals surface area (Å²) in [5, 5.41) is 11.8. The number of hydrogen-bond donors (Lipinski definition) is 1. The molecule has 2 fully saturated rings. The van der Waals surface area contributed by atoms with Crippen molar-refractivity contribution in [3.05, 3.63) is 117 Å². The van der Waals surface area contributed by atoms with Gasteiger partial charge in [-0.1, -0.05) is 55.3 Å².